The molecular formula is C8H7N3O. The van der Waals surface area contributed by atoms with Gasteiger partial charge in [0.25, 0.3) is 0 Å². The van der Waals surface area contributed by atoms with Gasteiger partial charge in [-0.25, -0.2) is 0 Å². The fraction of sp³-hybridized carbons (Fsp3) is 0. The van der Waals surface area contributed by atoms with E-state index in [1.807, 2.05) is 6.07 Å². The molecule has 1 rings (SSSR count). The minimum absolute atomic E-state index is 0.363. The molecule has 0 spiro atoms. The van der Waals surface area contributed by atoms with Gasteiger partial charge in [0.15, 0.2) is 0 Å². The number of anilines is 1. The molecule has 0 radical (unpaired) electrons. The first-order valence-electron chi connectivity index (χ1n) is 3.27. The van der Waals surface area contributed by atoms with Crippen molar-refractivity contribution in [2.24, 2.45) is 5.84 Å². The largest absolute Gasteiger partial charge is 0.323 e. The van der Waals surface area contributed by atoms with Crippen molar-refractivity contribution in [2.75, 3.05) is 5.43 Å². The topological polar surface area (TPSA) is 78.9 Å². The number of carbonyl (C=O) groups excluding carboxylic acids is 1. The van der Waals surface area contributed by atoms with Gasteiger partial charge in [0, 0.05) is 5.56 Å². The fourth-order valence-corrected chi connectivity index (χ4v) is 0.854. The first-order chi connectivity index (χ1) is 5.81. The Morgan fingerprint density at radius 3 is 2.83 bits per heavy atom. The summed E-state index contributed by atoms with van der Waals surface area (Å²) in [5.41, 5.74) is 3.70. The van der Waals surface area contributed by atoms with E-state index in [1.165, 1.54) is 6.07 Å². The van der Waals surface area contributed by atoms with E-state index < -0.39 is 0 Å². The van der Waals surface area contributed by atoms with E-state index in [4.69, 9.17) is 11.1 Å². The minimum Gasteiger partial charge on any atom is -0.323 e. The zero-order valence-corrected chi connectivity index (χ0v) is 6.24. The second kappa shape index (κ2) is 3.51. The van der Waals surface area contributed by atoms with Gasteiger partial charge in [-0.1, -0.05) is 0 Å². The van der Waals surface area contributed by atoms with E-state index in [-0.39, 0.29) is 0 Å². The summed E-state index contributed by atoms with van der Waals surface area (Å²) in [4.78, 5) is 10.3. The van der Waals surface area contributed by atoms with Crippen molar-refractivity contribution in [1.29, 1.82) is 5.26 Å². The number of nitrogen functional groups attached to an aromatic ring is 1. The van der Waals surface area contributed by atoms with Crippen molar-refractivity contribution in [1.82, 2.24) is 0 Å². The van der Waals surface area contributed by atoms with Crippen LogP contribution in [0.3, 0.4) is 0 Å². The molecule has 3 N–H and O–H groups in total. The number of nitrogens with two attached hydrogens (primary N) is 1. The van der Waals surface area contributed by atoms with Gasteiger partial charge in [0.2, 0.25) is 0 Å². The lowest BCUT2D eigenvalue weighted by Gasteiger charge is -2.01. The normalized spacial score (nSPS) is 8.67. The number of hydrazine groups is 1. The zero-order valence-electron chi connectivity index (χ0n) is 6.24. The maximum Gasteiger partial charge on any atom is 0.150 e. The Morgan fingerprint density at radius 2 is 2.33 bits per heavy atom. The Hall–Kier alpha value is -1.86. The summed E-state index contributed by atoms with van der Waals surface area (Å²) in [6.45, 7) is 0. The number of nitriles is 1. The molecule has 0 saturated carbocycles. The summed E-state index contributed by atoms with van der Waals surface area (Å²) < 4.78 is 0. The predicted octanol–water partition coefficient (Wildman–Crippen LogP) is 0.656. The Labute approximate surface area is 69.6 Å². The van der Waals surface area contributed by atoms with Gasteiger partial charge in [0.05, 0.1) is 11.3 Å². The van der Waals surface area contributed by atoms with Crippen LogP contribution in [0.15, 0.2) is 18.2 Å². The van der Waals surface area contributed by atoms with Crippen LogP contribution in [0, 0.1) is 11.3 Å². The summed E-state index contributed by atoms with van der Waals surface area (Å²) in [6, 6.07) is 6.57. The van der Waals surface area contributed by atoms with Gasteiger partial charge in [-0.3, -0.25) is 10.6 Å². The van der Waals surface area contributed by atoms with Crippen LogP contribution in [0.25, 0.3) is 0 Å². The molecule has 60 valence electrons. The number of hydrogen-bond donors (Lipinski definition) is 2. The molecule has 0 atom stereocenters. The van der Waals surface area contributed by atoms with Gasteiger partial charge in [-0.05, 0) is 18.2 Å². The van der Waals surface area contributed by atoms with E-state index >= 15 is 0 Å². The molecule has 0 bridgehead atoms. The van der Waals surface area contributed by atoms with Gasteiger partial charge in [0.1, 0.15) is 12.4 Å². The van der Waals surface area contributed by atoms with Crippen LogP contribution < -0.4 is 11.3 Å². The molecule has 0 aromatic heterocycles. The van der Waals surface area contributed by atoms with Crippen molar-refractivity contribution in [3.8, 4) is 6.07 Å². The minimum atomic E-state index is 0.363. The SMILES string of the molecule is N#Cc1cc(C=O)ccc1NN. The second-order valence-electron chi connectivity index (χ2n) is 2.18. The Balaban J connectivity index is 3.21. The summed E-state index contributed by atoms with van der Waals surface area (Å²) >= 11 is 0. The lowest BCUT2D eigenvalue weighted by Crippen LogP contribution is -2.08. The molecule has 0 amide bonds. The molecule has 4 heteroatoms. The summed E-state index contributed by atoms with van der Waals surface area (Å²) in [6.07, 6.45) is 0.682. The van der Waals surface area contributed by atoms with Crippen molar-refractivity contribution < 1.29 is 4.79 Å². The van der Waals surface area contributed by atoms with Crippen LogP contribution in [0.4, 0.5) is 5.69 Å². The molecule has 1 aromatic rings. The van der Waals surface area contributed by atoms with Gasteiger partial charge in [-0.2, -0.15) is 5.26 Å². The molecular weight excluding hydrogens is 154 g/mol. The van der Waals surface area contributed by atoms with Crippen molar-refractivity contribution >= 4 is 12.0 Å². The molecule has 0 unspecified atom stereocenters. The molecule has 12 heavy (non-hydrogen) atoms. The van der Waals surface area contributed by atoms with E-state index in [2.05, 4.69) is 5.43 Å². The second-order valence-corrected chi connectivity index (χ2v) is 2.18. The average Bonchev–Trinajstić information content (AvgIpc) is 2.16. The van der Waals surface area contributed by atoms with Crippen molar-refractivity contribution in [2.45, 2.75) is 0 Å². The van der Waals surface area contributed by atoms with Gasteiger partial charge < -0.3 is 5.43 Å². The van der Waals surface area contributed by atoms with Crippen LogP contribution >= 0.6 is 0 Å². The number of nitrogens with one attached hydrogen (secondary N) is 1. The van der Waals surface area contributed by atoms with Crippen molar-refractivity contribution in [3.63, 3.8) is 0 Å². The summed E-state index contributed by atoms with van der Waals surface area (Å²) in [5, 5.41) is 8.61. The fourth-order valence-electron chi connectivity index (χ4n) is 0.854. The standard InChI is InChI=1S/C8H7N3O/c9-4-7-3-6(5-12)1-2-8(7)11-10/h1-3,5,11H,10H2. The molecule has 0 aliphatic carbocycles. The third kappa shape index (κ3) is 1.41. The van der Waals surface area contributed by atoms with Crippen LogP contribution in [-0.4, -0.2) is 6.29 Å². The van der Waals surface area contributed by atoms with Crippen LogP contribution in [0.2, 0.25) is 0 Å². The van der Waals surface area contributed by atoms with Crippen LogP contribution in [0.1, 0.15) is 15.9 Å². The van der Waals surface area contributed by atoms with E-state index in [1.54, 1.807) is 12.1 Å². The van der Waals surface area contributed by atoms with E-state index in [0.29, 0.717) is 23.1 Å². The van der Waals surface area contributed by atoms with Crippen LogP contribution in [-0.2, 0) is 0 Å². The first kappa shape index (κ1) is 8.24. The van der Waals surface area contributed by atoms with Crippen molar-refractivity contribution in [3.05, 3.63) is 29.3 Å². The third-order valence-electron chi connectivity index (χ3n) is 1.46. The average molecular weight is 161 g/mol. The van der Waals surface area contributed by atoms with Gasteiger partial charge >= 0.3 is 0 Å². The molecule has 0 fully saturated rings. The molecule has 0 aliphatic heterocycles. The zero-order chi connectivity index (χ0) is 8.97. The van der Waals surface area contributed by atoms with E-state index in [9.17, 15) is 4.79 Å². The smallest absolute Gasteiger partial charge is 0.150 e. The monoisotopic (exact) mass is 161 g/mol. The Kier molecular flexibility index (Phi) is 2.41. The molecule has 0 heterocycles. The maximum atomic E-state index is 10.3. The lowest BCUT2D eigenvalue weighted by molar-refractivity contribution is 0.112. The highest BCUT2D eigenvalue weighted by molar-refractivity contribution is 5.77. The highest BCUT2D eigenvalue weighted by Gasteiger charge is 2.00. The lowest BCUT2D eigenvalue weighted by atomic mass is 10.1. The highest BCUT2D eigenvalue weighted by atomic mass is 16.1. The number of aldehydes is 1. The summed E-state index contributed by atoms with van der Waals surface area (Å²) in [7, 11) is 0. The highest BCUT2D eigenvalue weighted by Crippen LogP contribution is 2.13. The summed E-state index contributed by atoms with van der Waals surface area (Å²) in [5.74, 6) is 5.13. The number of carbonyl (C=O) groups is 1. The quantitative estimate of drug-likeness (QED) is 0.379. The molecule has 0 aliphatic rings. The third-order valence-corrected chi connectivity index (χ3v) is 1.46. The number of benzene rings is 1. The van der Waals surface area contributed by atoms with E-state index in [0.717, 1.165) is 0 Å². The predicted molar refractivity (Wildman–Crippen MR) is 44.4 cm³/mol. The maximum absolute atomic E-state index is 10.3. The first-order valence-corrected chi connectivity index (χ1v) is 3.27. The number of hydrogen-bond acceptors (Lipinski definition) is 4. The van der Waals surface area contributed by atoms with Gasteiger partial charge in [-0.15, -0.1) is 0 Å². The van der Waals surface area contributed by atoms with Crippen LogP contribution in [0.5, 0.6) is 0 Å². The molecule has 4 nitrogen and oxygen atoms in total. The number of rotatable bonds is 2. The Bertz CT molecular complexity index is 341. The Morgan fingerprint density at radius 1 is 1.58 bits per heavy atom. The molecule has 1 aromatic carbocycles. The number of nitrogens with zero attached hydrogens (tertiary/aromatic N) is 1. The molecule has 0 saturated heterocycles.